The number of Topliss-reactive ketones (excluding diaryl/α,β-unsaturated/α-hetero) is 1. The van der Waals surface area contributed by atoms with Crippen LogP contribution >= 0.6 is 0 Å². The molecule has 0 saturated heterocycles. The number of carbonyl (C=O) groups is 3. The lowest BCUT2D eigenvalue weighted by Gasteiger charge is -2.18. The Balaban J connectivity index is 1.38. The van der Waals surface area contributed by atoms with Crippen LogP contribution in [0.15, 0.2) is 47.0 Å². The first kappa shape index (κ1) is 16.8. The van der Waals surface area contributed by atoms with E-state index in [0.29, 0.717) is 28.3 Å². The molecule has 0 aliphatic carbocycles. The molecule has 0 radical (unpaired) electrons. The molecule has 136 valence electrons. The number of nitrogens with zero attached hydrogens (tertiary/aromatic N) is 1. The maximum absolute atomic E-state index is 12.3. The summed E-state index contributed by atoms with van der Waals surface area (Å²) in [5, 5.41) is 7.21. The lowest BCUT2D eigenvalue weighted by molar-refractivity contribution is -0.141. The van der Waals surface area contributed by atoms with E-state index in [4.69, 9.17) is 14.0 Å². The van der Waals surface area contributed by atoms with E-state index in [9.17, 15) is 14.4 Å². The lowest BCUT2D eigenvalue weighted by Crippen LogP contribution is -2.25. The van der Waals surface area contributed by atoms with Gasteiger partial charge in [0.15, 0.2) is 24.6 Å². The third-order valence-electron chi connectivity index (χ3n) is 4.06. The molecule has 8 heteroatoms. The Hall–Kier alpha value is -3.68. The fraction of sp³-hybridized carbons (Fsp3) is 0.158. The van der Waals surface area contributed by atoms with Gasteiger partial charge in [-0.05, 0) is 30.3 Å². The van der Waals surface area contributed by atoms with Crippen molar-refractivity contribution in [2.45, 2.75) is 6.42 Å². The Bertz CT molecular complexity index is 1060. The number of rotatable bonds is 5. The van der Waals surface area contributed by atoms with E-state index in [1.807, 2.05) is 6.07 Å². The molecular formula is C19H14N2O6. The van der Waals surface area contributed by atoms with Crippen molar-refractivity contribution in [2.24, 2.45) is 0 Å². The van der Waals surface area contributed by atoms with Gasteiger partial charge >= 0.3 is 5.97 Å². The van der Waals surface area contributed by atoms with Crippen LogP contribution < -0.4 is 10.1 Å². The number of ether oxygens (including phenoxy) is 2. The molecule has 4 rings (SSSR count). The summed E-state index contributed by atoms with van der Waals surface area (Å²) in [6, 6.07) is 11.8. The van der Waals surface area contributed by atoms with Crippen molar-refractivity contribution in [3.63, 3.8) is 0 Å². The summed E-state index contributed by atoms with van der Waals surface area (Å²) in [7, 11) is 0. The van der Waals surface area contributed by atoms with E-state index < -0.39 is 18.4 Å². The summed E-state index contributed by atoms with van der Waals surface area (Å²) in [6.07, 6.45) is -0.0988. The van der Waals surface area contributed by atoms with E-state index in [2.05, 4.69) is 10.5 Å². The van der Waals surface area contributed by atoms with Gasteiger partial charge in [-0.3, -0.25) is 14.4 Å². The van der Waals surface area contributed by atoms with Gasteiger partial charge in [-0.25, -0.2) is 0 Å². The molecule has 0 saturated carbocycles. The van der Waals surface area contributed by atoms with Gasteiger partial charge in [0.05, 0.1) is 12.1 Å². The number of ketones is 1. The average Bonchev–Trinajstić information content (AvgIpc) is 3.08. The maximum atomic E-state index is 12.3. The van der Waals surface area contributed by atoms with Crippen molar-refractivity contribution in [1.29, 1.82) is 0 Å². The summed E-state index contributed by atoms with van der Waals surface area (Å²) in [4.78, 5) is 35.7. The summed E-state index contributed by atoms with van der Waals surface area (Å²) in [6.45, 7) is -0.475. The lowest BCUT2D eigenvalue weighted by atomic mass is 10.1. The third kappa shape index (κ3) is 3.50. The summed E-state index contributed by atoms with van der Waals surface area (Å²) >= 11 is 0. The number of nitrogens with one attached hydrogen (secondary N) is 1. The van der Waals surface area contributed by atoms with E-state index >= 15 is 0 Å². The van der Waals surface area contributed by atoms with Crippen LogP contribution in [-0.4, -0.2) is 36.0 Å². The molecule has 0 unspecified atom stereocenters. The number of benzene rings is 2. The predicted molar refractivity (Wildman–Crippen MR) is 93.6 cm³/mol. The summed E-state index contributed by atoms with van der Waals surface area (Å²) in [5.41, 5.74) is 1.75. The zero-order valence-corrected chi connectivity index (χ0v) is 14.1. The van der Waals surface area contributed by atoms with Crippen LogP contribution in [0.1, 0.15) is 16.1 Å². The highest BCUT2D eigenvalue weighted by molar-refractivity contribution is 6.01. The number of esters is 1. The number of aromatic nitrogens is 1. The zero-order chi connectivity index (χ0) is 18.8. The van der Waals surface area contributed by atoms with Gasteiger partial charge in [0, 0.05) is 10.9 Å². The number of para-hydroxylation sites is 1. The SMILES string of the molecule is O=C1COc2ccc(C(=O)COC(=O)Cc3noc4ccccc34)cc2N1. The number of amides is 1. The van der Waals surface area contributed by atoms with Gasteiger partial charge < -0.3 is 19.3 Å². The Labute approximate surface area is 153 Å². The Morgan fingerprint density at radius 3 is 2.93 bits per heavy atom. The van der Waals surface area contributed by atoms with Crippen LogP contribution in [0.4, 0.5) is 5.69 Å². The summed E-state index contributed by atoms with van der Waals surface area (Å²) < 4.78 is 15.4. The first-order valence-electron chi connectivity index (χ1n) is 8.19. The van der Waals surface area contributed by atoms with Gasteiger partial charge in [-0.1, -0.05) is 17.3 Å². The normalized spacial score (nSPS) is 12.8. The van der Waals surface area contributed by atoms with Crippen molar-refractivity contribution in [1.82, 2.24) is 5.16 Å². The van der Waals surface area contributed by atoms with Crippen molar-refractivity contribution in [3.05, 3.63) is 53.7 Å². The minimum atomic E-state index is -0.586. The third-order valence-corrected chi connectivity index (χ3v) is 4.06. The van der Waals surface area contributed by atoms with Crippen LogP contribution in [0.2, 0.25) is 0 Å². The zero-order valence-electron chi connectivity index (χ0n) is 14.1. The molecule has 2 heterocycles. The van der Waals surface area contributed by atoms with E-state index in [-0.39, 0.29) is 18.9 Å². The second-order valence-corrected chi connectivity index (χ2v) is 5.93. The van der Waals surface area contributed by atoms with Gasteiger partial charge in [0.2, 0.25) is 0 Å². The molecule has 1 aromatic heterocycles. The Kier molecular flexibility index (Phi) is 4.29. The number of carbonyl (C=O) groups excluding carboxylic acids is 3. The van der Waals surface area contributed by atoms with Crippen LogP contribution in [0.25, 0.3) is 11.0 Å². The minimum absolute atomic E-state index is 0.0609. The second kappa shape index (κ2) is 6.91. The van der Waals surface area contributed by atoms with Gasteiger partial charge in [-0.2, -0.15) is 0 Å². The largest absolute Gasteiger partial charge is 0.482 e. The van der Waals surface area contributed by atoms with E-state index in [1.165, 1.54) is 6.07 Å². The molecule has 1 aliphatic heterocycles. The maximum Gasteiger partial charge on any atom is 0.312 e. The fourth-order valence-electron chi connectivity index (χ4n) is 2.74. The molecule has 8 nitrogen and oxygen atoms in total. The van der Waals surface area contributed by atoms with Gasteiger partial charge in [0.1, 0.15) is 11.4 Å². The van der Waals surface area contributed by atoms with Crippen LogP contribution in [0.3, 0.4) is 0 Å². The van der Waals surface area contributed by atoms with Crippen molar-refractivity contribution in [3.8, 4) is 5.75 Å². The van der Waals surface area contributed by atoms with Crippen molar-refractivity contribution >= 4 is 34.3 Å². The molecule has 0 bridgehead atoms. The van der Waals surface area contributed by atoms with Crippen molar-refractivity contribution < 1.29 is 28.4 Å². The van der Waals surface area contributed by atoms with Gasteiger partial charge in [-0.15, -0.1) is 0 Å². The molecule has 1 aliphatic rings. The predicted octanol–water partition coefficient (Wildman–Crippen LogP) is 2.13. The Morgan fingerprint density at radius 2 is 2.04 bits per heavy atom. The highest BCUT2D eigenvalue weighted by atomic mass is 16.5. The molecule has 27 heavy (non-hydrogen) atoms. The topological polar surface area (TPSA) is 108 Å². The quantitative estimate of drug-likeness (QED) is 0.544. The first-order valence-corrected chi connectivity index (χ1v) is 8.19. The molecule has 1 amide bonds. The minimum Gasteiger partial charge on any atom is -0.482 e. The average molecular weight is 366 g/mol. The van der Waals surface area contributed by atoms with Crippen LogP contribution in [0.5, 0.6) is 5.75 Å². The molecule has 0 atom stereocenters. The van der Waals surface area contributed by atoms with E-state index in [0.717, 1.165) is 5.39 Å². The molecular weight excluding hydrogens is 352 g/mol. The summed E-state index contributed by atoms with van der Waals surface area (Å²) in [5.74, 6) is -0.785. The number of hydrogen-bond donors (Lipinski definition) is 1. The van der Waals surface area contributed by atoms with Crippen molar-refractivity contribution in [2.75, 3.05) is 18.5 Å². The smallest absolute Gasteiger partial charge is 0.312 e. The van der Waals surface area contributed by atoms with Crippen LogP contribution in [-0.2, 0) is 20.7 Å². The monoisotopic (exact) mass is 366 g/mol. The number of hydrogen-bond acceptors (Lipinski definition) is 7. The molecule has 1 N–H and O–H groups in total. The fourth-order valence-corrected chi connectivity index (χ4v) is 2.74. The second-order valence-electron chi connectivity index (χ2n) is 5.93. The highest BCUT2D eigenvalue weighted by Gasteiger charge is 2.19. The number of fused-ring (bicyclic) bond motifs is 2. The first-order chi connectivity index (χ1) is 13.1. The van der Waals surface area contributed by atoms with E-state index in [1.54, 1.807) is 30.3 Å². The number of anilines is 1. The Morgan fingerprint density at radius 1 is 1.19 bits per heavy atom. The molecule has 3 aromatic rings. The molecule has 0 spiro atoms. The highest BCUT2D eigenvalue weighted by Crippen LogP contribution is 2.28. The van der Waals surface area contributed by atoms with Gasteiger partial charge in [0.25, 0.3) is 5.91 Å². The molecule has 0 fully saturated rings. The van der Waals surface area contributed by atoms with Crippen LogP contribution in [0, 0.1) is 0 Å². The standard InChI is InChI=1S/C19H14N2O6/c22-15(11-5-6-17-14(7-11)20-18(23)10-25-17)9-26-19(24)8-13-12-3-1-2-4-16(12)27-21-13/h1-7H,8-10H2,(H,20,23). The molecule has 2 aromatic carbocycles.